The molecule has 0 radical (unpaired) electrons. The first-order valence-electron chi connectivity index (χ1n) is 12.8. The third kappa shape index (κ3) is 4.95. The Balaban J connectivity index is 1.18. The van der Waals surface area contributed by atoms with Gasteiger partial charge in [-0.2, -0.15) is 0 Å². The molecule has 0 spiro atoms. The normalized spacial score (nSPS) is 25.0. The SMILES string of the molecule is C=CC(=O)N[C@@H]1CC[C@H](NC(=O)C2=C3NC(=O)N(c4ccc(Oc5ccccc5)cc4)C4C=CN=C(S2)C34)C1. The maximum absolute atomic E-state index is 13.4. The lowest BCUT2D eigenvalue weighted by Gasteiger charge is -2.40. The van der Waals surface area contributed by atoms with Crippen molar-refractivity contribution in [3.8, 4) is 11.5 Å². The molecule has 1 aliphatic carbocycles. The number of hydrogen-bond donors (Lipinski definition) is 3. The molecule has 0 bridgehead atoms. The largest absolute Gasteiger partial charge is 0.457 e. The number of thioether (sulfide) groups is 1. The minimum atomic E-state index is -0.315. The van der Waals surface area contributed by atoms with Gasteiger partial charge in [0.15, 0.2) is 0 Å². The number of urea groups is 1. The Labute approximate surface area is 230 Å². The number of ether oxygens (including phenoxy) is 1. The number of benzene rings is 2. The van der Waals surface area contributed by atoms with Crippen LogP contribution < -0.4 is 25.6 Å². The number of rotatable bonds is 7. The van der Waals surface area contributed by atoms with Crippen LogP contribution in [0, 0.1) is 5.92 Å². The highest BCUT2D eigenvalue weighted by Gasteiger charge is 2.49. The lowest BCUT2D eigenvalue weighted by molar-refractivity contribution is -0.117. The van der Waals surface area contributed by atoms with Gasteiger partial charge in [-0.15, -0.1) is 0 Å². The second kappa shape index (κ2) is 10.5. The van der Waals surface area contributed by atoms with Crippen LogP contribution in [0.2, 0.25) is 0 Å². The van der Waals surface area contributed by atoms with Crippen molar-refractivity contribution in [3.05, 3.63) is 90.1 Å². The zero-order valence-electron chi connectivity index (χ0n) is 21.0. The van der Waals surface area contributed by atoms with Crippen LogP contribution in [0.15, 0.2) is 95.1 Å². The molecule has 198 valence electrons. The molecule has 4 atom stereocenters. The predicted molar refractivity (Wildman–Crippen MR) is 150 cm³/mol. The summed E-state index contributed by atoms with van der Waals surface area (Å²) in [6.45, 7) is 3.49. The Kier molecular flexibility index (Phi) is 6.70. The van der Waals surface area contributed by atoms with Gasteiger partial charge in [0.2, 0.25) is 5.91 Å². The quantitative estimate of drug-likeness (QED) is 0.455. The number of para-hydroxylation sites is 1. The van der Waals surface area contributed by atoms with Gasteiger partial charge in [-0.3, -0.25) is 19.5 Å². The fourth-order valence-corrected chi connectivity index (χ4v) is 6.57. The third-order valence-corrected chi connectivity index (χ3v) is 8.39. The first-order valence-corrected chi connectivity index (χ1v) is 13.6. The van der Waals surface area contributed by atoms with Crippen LogP contribution in [0.25, 0.3) is 0 Å². The van der Waals surface area contributed by atoms with Crippen LogP contribution >= 0.6 is 11.8 Å². The van der Waals surface area contributed by atoms with Gasteiger partial charge < -0.3 is 20.7 Å². The van der Waals surface area contributed by atoms with Gasteiger partial charge in [0, 0.05) is 24.0 Å². The molecular weight excluding hydrogens is 514 g/mol. The number of carbonyl (C=O) groups is 3. The average Bonchev–Trinajstić information content (AvgIpc) is 3.55. The molecule has 0 aromatic heterocycles. The van der Waals surface area contributed by atoms with E-state index in [-0.39, 0.29) is 41.9 Å². The number of hydrogen-bond acceptors (Lipinski definition) is 6. The summed E-state index contributed by atoms with van der Waals surface area (Å²) in [5.41, 5.74) is 1.30. The van der Waals surface area contributed by atoms with Crippen molar-refractivity contribution in [3.63, 3.8) is 0 Å². The van der Waals surface area contributed by atoms with Crippen LogP contribution in [0.1, 0.15) is 19.3 Å². The summed E-state index contributed by atoms with van der Waals surface area (Å²) in [6.07, 6.45) is 7.04. The monoisotopic (exact) mass is 541 g/mol. The fourth-order valence-electron chi connectivity index (χ4n) is 5.42. The molecule has 10 heteroatoms. The minimum Gasteiger partial charge on any atom is -0.457 e. The van der Waals surface area contributed by atoms with Crippen LogP contribution in [0.3, 0.4) is 0 Å². The van der Waals surface area contributed by atoms with E-state index in [2.05, 4.69) is 27.5 Å². The second-order valence-electron chi connectivity index (χ2n) is 9.72. The number of anilines is 1. The highest BCUT2D eigenvalue weighted by Crippen LogP contribution is 2.45. The standard InChI is InChI=1S/C29H27N5O4S/c1-2-23(35)31-17-8-9-18(16-17)32-27(36)26-25-24-22(14-15-30-28(24)39-26)34(29(37)33-25)19-10-12-21(13-11-19)38-20-6-4-3-5-7-20/h2-7,10-15,17-18,22,24H,1,8-9,16H2,(H,31,35)(H,32,36)(H,33,37)/t17-,18+,22?,24?/m1/s1. The second-order valence-corrected chi connectivity index (χ2v) is 10.8. The fraction of sp³-hybridized carbons (Fsp3) is 0.241. The molecule has 9 nitrogen and oxygen atoms in total. The average molecular weight is 542 g/mol. The summed E-state index contributed by atoms with van der Waals surface area (Å²) >= 11 is 1.30. The Hall–Kier alpha value is -4.31. The van der Waals surface area contributed by atoms with Crippen molar-refractivity contribution >= 4 is 40.3 Å². The number of amides is 4. The lowest BCUT2D eigenvalue weighted by atomic mass is 9.91. The van der Waals surface area contributed by atoms with E-state index in [1.165, 1.54) is 17.8 Å². The number of aliphatic imine (C=N–C) groups is 1. The van der Waals surface area contributed by atoms with Gasteiger partial charge in [-0.05, 0) is 67.8 Å². The summed E-state index contributed by atoms with van der Waals surface area (Å²) in [7, 11) is 0. The molecule has 4 amide bonds. The van der Waals surface area contributed by atoms with Gasteiger partial charge in [-0.25, -0.2) is 4.79 Å². The zero-order valence-corrected chi connectivity index (χ0v) is 21.8. The summed E-state index contributed by atoms with van der Waals surface area (Å²) < 4.78 is 5.89. The molecule has 3 heterocycles. The molecule has 4 aliphatic rings. The Morgan fingerprint density at radius 3 is 2.51 bits per heavy atom. The third-order valence-electron chi connectivity index (χ3n) is 7.21. The first-order chi connectivity index (χ1) is 19.0. The summed E-state index contributed by atoms with van der Waals surface area (Å²) in [5, 5.41) is 9.74. The molecule has 2 fully saturated rings. The van der Waals surface area contributed by atoms with Crippen molar-refractivity contribution < 1.29 is 19.1 Å². The molecule has 6 rings (SSSR count). The molecule has 3 N–H and O–H groups in total. The highest BCUT2D eigenvalue weighted by molar-refractivity contribution is 8.18. The zero-order chi connectivity index (χ0) is 26.9. The van der Waals surface area contributed by atoms with Crippen molar-refractivity contribution in [2.24, 2.45) is 10.9 Å². The topological polar surface area (TPSA) is 112 Å². The van der Waals surface area contributed by atoms with Crippen molar-refractivity contribution in [2.75, 3.05) is 4.90 Å². The highest BCUT2D eigenvalue weighted by atomic mass is 32.2. The van der Waals surface area contributed by atoms with E-state index in [0.29, 0.717) is 28.5 Å². The van der Waals surface area contributed by atoms with Gasteiger partial charge in [0.25, 0.3) is 5.91 Å². The molecule has 2 aromatic rings. The summed E-state index contributed by atoms with van der Waals surface area (Å²) in [5.74, 6) is 0.703. The molecule has 3 aliphatic heterocycles. The molecule has 39 heavy (non-hydrogen) atoms. The van der Waals surface area contributed by atoms with Crippen LogP contribution in [0.5, 0.6) is 11.5 Å². The van der Waals surface area contributed by atoms with E-state index in [0.717, 1.165) is 23.6 Å². The van der Waals surface area contributed by atoms with E-state index >= 15 is 0 Å². The van der Waals surface area contributed by atoms with Gasteiger partial charge >= 0.3 is 6.03 Å². The molecule has 2 unspecified atom stereocenters. The predicted octanol–water partition coefficient (Wildman–Crippen LogP) is 4.22. The van der Waals surface area contributed by atoms with E-state index in [4.69, 9.17) is 4.74 Å². The van der Waals surface area contributed by atoms with Gasteiger partial charge in [0.05, 0.1) is 27.6 Å². The van der Waals surface area contributed by atoms with Crippen LogP contribution in [-0.2, 0) is 9.59 Å². The summed E-state index contributed by atoms with van der Waals surface area (Å²) in [6, 6.07) is 16.2. The van der Waals surface area contributed by atoms with E-state index in [1.807, 2.05) is 60.7 Å². The van der Waals surface area contributed by atoms with Gasteiger partial charge in [-0.1, -0.05) is 36.5 Å². The molecule has 1 saturated heterocycles. The van der Waals surface area contributed by atoms with Crippen molar-refractivity contribution in [1.29, 1.82) is 0 Å². The molecular formula is C29H27N5O4S. The Bertz CT molecular complexity index is 1420. The first kappa shape index (κ1) is 25.0. The molecule has 2 aromatic carbocycles. The smallest absolute Gasteiger partial charge is 0.326 e. The summed E-state index contributed by atoms with van der Waals surface area (Å²) in [4.78, 5) is 45.0. The Morgan fingerprint density at radius 1 is 1.05 bits per heavy atom. The van der Waals surface area contributed by atoms with Gasteiger partial charge in [0.1, 0.15) is 11.5 Å². The van der Waals surface area contributed by atoms with E-state index < -0.39 is 0 Å². The minimum absolute atomic E-state index is 0.00245. The maximum Gasteiger partial charge on any atom is 0.326 e. The number of nitrogens with one attached hydrogen (secondary N) is 3. The maximum atomic E-state index is 13.4. The number of carbonyl (C=O) groups excluding carboxylic acids is 3. The van der Waals surface area contributed by atoms with Crippen LogP contribution in [-0.4, -0.2) is 41.0 Å². The van der Waals surface area contributed by atoms with Crippen LogP contribution in [0.4, 0.5) is 10.5 Å². The lowest BCUT2D eigenvalue weighted by Crippen LogP contribution is -2.57. The Morgan fingerprint density at radius 2 is 1.77 bits per heavy atom. The van der Waals surface area contributed by atoms with Crippen molar-refractivity contribution in [2.45, 2.75) is 37.4 Å². The molecule has 1 saturated carbocycles. The number of nitrogens with zero attached hydrogens (tertiary/aromatic N) is 2. The van der Waals surface area contributed by atoms with E-state index in [9.17, 15) is 14.4 Å². The van der Waals surface area contributed by atoms with E-state index in [1.54, 1.807) is 11.1 Å². The van der Waals surface area contributed by atoms with Crippen molar-refractivity contribution in [1.82, 2.24) is 16.0 Å².